The first kappa shape index (κ1) is 13.1. The summed E-state index contributed by atoms with van der Waals surface area (Å²) < 4.78 is 40.9. The summed E-state index contributed by atoms with van der Waals surface area (Å²) in [5.41, 5.74) is 0.0713. The smallest absolute Gasteiger partial charge is 0.458 e. The van der Waals surface area contributed by atoms with E-state index < -0.39 is 23.5 Å². The zero-order valence-corrected chi connectivity index (χ0v) is 8.78. The molecule has 3 nitrogen and oxygen atoms in total. The third kappa shape index (κ3) is 2.99. The van der Waals surface area contributed by atoms with Crippen molar-refractivity contribution in [1.29, 1.82) is 0 Å². The number of ketones is 1. The first-order chi connectivity index (χ1) is 7.88. The minimum absolute atomic E-state index is 0.0713. The van der Waals surface area contributed by atoms with Crippen molar-refractivity contribution in [2.45, 2.75) is 6.18 Å². The monoisotopic (exact) mass is 246 g/mol. The van der Waals surface area contributed by atoms with E-state index in [-0.39, 0.29) is 5.56 Å². The third-order valence-corrected chi connectivity index (χ3v) is 1.93. The van der Waals surface area contributed by atoms with Gasteiger partial charge in [0, 0.05) is 5.56 Å². The Morgan fingerprint density at radius 3 is 2.18 bits per heavy atom. The molecule has 0 unspecified atom stereocenters. The standard InChI is InChI=1S/C11H9F3O3/c1-17-9(10(16)11(12,13)14)8(15)7-5-3-2-4-6-7/h2-6,15H,1H3/b9-8+. The molecule has 92 valence electrons. The predicted octanol–water partition coefficient (Wildman–Crippen LogP) is 2.69. The van der Waals surface area contributed by atoms with E-state index in [0.29, 0.717) is 0 Å². The largest absolute Gasteiger partial charge is 0.504 e. The number of alkyl halides is 3. The molecule has 1 aromatic rings. The highest BCUT2D eigenvalue weighted by Crippen LogP contribution is 2.25. The summed E-state index contributed by atoms with van der Waals surface area (Å²) in [6, 6.07) is 7.36. The van der Waals surface area contributed by atoms with Gasteiger partial charge in [-0.15, -0.1) is 0 Å². The fraction of sp³-hybridized carbons (Fsp3) is 0.182. The Kier molecular flexibility index (Phi) is 3.77. The van der Waals surface area contributed by atoms with Crippen LogP contribution in [0.2, 0.25) is 0 Å². The number of halogens is 3. The van der Waals surface area contributed by atoms with Crippen LogP contribution >= 0.6 is 0 Å². The zero-order chi connectivity index (χ0) is 13.1. The van der Waals surface area contributed by atoms with E-state index in [9.17, 15) is 23.1 Å². The van der Waals surface area contributed by atoms with Gasteiger partial charge in [-0.1, -0.05) is 30.3 Å². The normalized spacial score (nSPS) is 12.9. The lowest BCUT2D eigenvalue weighted by Gasteiger charge is -2.10. The number of allylic oxidation sites excluding steroid dienone is 1. The van der Waals surface area contributed by atoms with Crippen LogP contribution in [0.15, 0.2) is 36.1 Å². The van der Waals surface area contributed by atoms with Gasteiger partial charge in [0.1, 0.15) is 0 Å². The highest BCUT2D eigenvalue weighted by molar-refractivity contribution is 6.02. The fourth-order valence-electron chi connectivity index (χ4n) is 1.15. The Morgan fingerprint density at radius 1 is 1.24 bits per heavy atom. The van der Waals surface area contributed by atoms with Crippen LogP contribution in [0.25, 0.3) is 5.76 Å². The van der Waals surface area contributed by atoms with Crippen molar-refractivity contribution < 1.29 is 27.8 Å². The Hall–Kier alpha value is -1.98. The number of carbonyl (C=O) groups excluding carboxylic acids is 1. The van der Waals surface area contributed by atoms with Crippen LogP contribution < -0.4 is 0 Å². The van der Waals surface area contributed by atoms with Gasteiger partial charge in [-0.05, 0) is 0 Å². The molecule has 0 saturated heterocycles. The molecular formula is C11H9F3O3. The molecule has 6 heteroatoms. The fourth-order valence-corrected chi connectivity index (χ4v) is 1.15. The average molecular weight is 246 g/mol. The minimum atomic E-state index is -5.09. The van der Waals surface area contributed by atoms with Gasteiger partial charge in [0.15, 0.2) is 5.76 Å². The van der Waals surface area contributed by atoms with E-state index in [0.717, 1.165) is 7.11 Å². The second kappa shape index (κ2) is 4.90. The lowest BCUT2D eigenvalue weighted by atomic mass is 10.1. The molecule has 17 heavy (non-hydrogen) atoms. The van der Waals surface area contributed by atoms with E-state index in [4.69, 9.17) is 0 Å². The molecule has 0 heterocycles. The number of ether oxygens (including phenoxy) is 1. The maximum atomic E-state index is 12.2. The van der Waals surface area contributed by atoms with Gasteiger partial charge in [0.05, 0.1) is 7.11 Å². The molecule has 1 rings (SSSR count). The van der Waals surface area contributed by atoms with Gasteiger partial charge in [-0.3, -0.25) is 4.79 Å². The van der Waals surface area contributed by atoms with Crippen molar-refractivity contribution in [3.05, 3.63) is 41.7 Å². The van der Waals surface area contributed by atoms with Gasteiger partial charge in [-0.2, -0.15) is 13.2 Å². The number of methoxy groups -OCH3 is 1. The number of aliphatic hydroxyl groups excluding tert-OH is 1. The third-order valence-electron chi connectivity index (χ3n) is 1.93. The first-order valence-electron chi connectivity index (χ1n) is 4.52. The van der Waals surface area contributed by atoms with Crippen LogP contribution in [0.4, 0.5) is 13.2 Å². The summed E-state index contributed by atoms with van der Waals surface area (Å²) in [4.78, 5) is 10.9. The van der Waals surface area contributed by atoms with Gasteiger partial charge >= 0.3 is 12.0 Å². The van der Waals surface area contributed by atoms with Crippen molar-refractivity contribution in [2.24, 2.45) is 0 Å². The van der Waals surface area contributed by atoms with Crippen LogP contribution in [0.3, 0.4) is 0 Å². The van der Waals surface area contributed by atoms with Gasteiger partial charge in [0.2, 0.25) is 5.76 Å². The number of Topliss-reactive ketones (excluding diaryl/α,β-unsaturated/α-hetero) is 1. The molecule has 0 radical (unpaired) electrons. The molecule has 0 fully saturated rings. The average Bonchev–Trinajstić information content (AvgIpc) is 2.29. The maximum absolute atomic E-state index is 12.2. The molecular weight excluding hydrogens is 237 g/mol. The Morgan fingerprint density at radius 2 is 1.76 bits per heavy atom. The highest BCUT2D eigenvalue weighted by atomic mass is 19.4. The summed E-state index contributed by atoms with van der Waals surface area (Å²) in [6.07, 6.45) is -5.09. The zero-order valence-electron chi connectivity index (χ0n) is 8.78. The van der Waals surface area contributed by atoms with Crippen molar-refractivity contribution in [2.75, 3.05) is 7.11 Å². The lowest BCUT2D eigenvalue weighted by molar-refractivity contribution is -0.169. The quantitative estimate of drug-likeness (QED) is 0.658. The Balaban J connectivity index is 3.21. The summed E-state index contributed by atoms with van der Waals surface area (Å²) in [5, 5.41) is 9.55. The number of rotatable bonds is 3. The predicted molar refractivity (Wildman–Crippen MR) is 54.1 cm³/mol. The molecule has 0 saturated carbocycles. The van der Waals surface area contributed by atoms with Gasteiger partial charge in [0.25, 0.3) is 0 Å². The van der Waals surface area contributed by atoms with Crippen molar-refractivity contribution in [3.8, 4) is 0 Å². The number of aliphatic hydroxyl groups is 1. The Bertz CT molecular complexity index is 435. The molecule has 0 amide bonds. The van der Waals surface area contributed by atoms with E-state index >= 15 is 0 Å². The summed E-state index contributed by atoms with van der Waals surface area (Å²) in [6.45, 7) is 0. The number of benzene rings is 1. The van der Waals surface area contributed by atoms with Crippen LogP contribution in [-0.4, -0.2) is 24.2 Å². The second-order valence-electron chi connectivity index (χ2n) is 3.07. The van der Waals surface area contributed by atoms with Crippen LogP contribution in [0.1, 0.15) is 5.56 Å². The SMILES string of the molecule is CO/C(C(=O)C(F)(F)F)=C(/O)c1ccccc1. The van der Waals surface area contributed by atoms with E-state index in [1.807, 2.05) is 0 Å². The van der Waals surface area contributed by atoms with Crippen molar-refractivity contribution in [3.63, 3.8) is 0 Å². The number of hydrogen-bond acceptors (Lipinski definition) is 3. The number of carbonyl (C=O) groups is 1. The second-order valence-corrected chi connectivity index (χ2v) is 3.07. The molecule has 0 aromatic heterocycles. The maximum Gasteiger partial charge on any atom is 0.458 e. The molecule has 1 N–H and O–H groups in total. The van der Waals surface area contributed by atoms with Crippen LogP contribution in [-0.2, 0) is 9.53 Å². The van der Waals surface area contributed by atoms with E-state index in [1.165, 1.54) is 24.3 Å². The number of hydrogen-bond donors (Lipinski definition) is 1. The van der Waals surface area contributed by atoms with Gasteiger partial charge < -0.3 is 9.84 Å². The summed E-state index contributed by atoms with van der Waals surface area (Å²) in [5.74, 6) is -4.18. The molecule has 0 atom stereocenters. The molecule has 0 aliphatic rings. The van der Waals surface area contributed by atoms with Gasteiger partial charge in [-0.25, -0.2) is 0 Å². The molecule has 0 spiro atoms. The van der Waals surface area contributed by atoms with Crippen molar-refractivity contribution >= 4 is 11.5 Å². The topological polar surface area (TPSA) is 46.5 Å². The summed E-state index contributed by atoms with van der Waals surface area (Å²) in [7, 11) is 0.887. The minimum Gasteiger partial charge on any atom is -0.504 e. The van der Waals surface area contributed by atoms with E-state index in [2.05, 4.69) is 4.74 Å². The first-order valence-corrected chi connectivity index (χ1v) is 4.52. The molecule has 1 aromatic carbocycles. The van der Waals surface area contributed by atoms with E-state index in [1.54, 1.807) is 6.07 Å². The van der Waals surface area contributed by atoms with Crippen molar-refractivity contribution in [1.82, 2.24) is 0 Å². The highest BCUT2D eigenvalue weighted by Gasteiger charge is 2.43. The molecule has 0 bridgehead atoms. The Labute approximate surface area is 95.1 Å². The summed E-state index contributed by atoms with van der Waals surface area (Å²) >= 11 is 0. The molecule has 0 aliphatic carbocycles. The van der Waals surface area contributed by atoms with Crippen LogP contribution in [0, 0.1) is 0 Å². The lowest BCUT2D eigenvalue weighted by Crippen LogP contribution is -2.26. The molecule has 0 aliphatic heterocycles. The van der Waals surface area contributed by atoms with Crippen LogP contribution in [0.5, 0.6) is 0 Å².